The number of benzene rings is 2. The molecule has 3 heteroatoms. The minimum absolute atomic E-state index is 0.261. The van der Waals surface area contributed by atoms with E-state index in [1.807, 2.05) is 18.2 Å². The van der Waals surface area contributed by atoms with Crippen LogP contribution >= 0.6 is 27.5 Å². The number of nitrogens with one attached hydrogen (secondary N) is 1. The maximum absolute atomic E-state index is 6.03. The number of halogens is 2. The van der Waals surface area contributed by atoms with Crippen molar-refractivity contribution < 1.29 is 0 Å². The van der Waals surface area contributed by atoms with Crippen molar-refractivity contribution >= 4 is 27.5 Å². The van der Waals surface area contributed by atoms with Crippen LogP contribution in [0.25, 0.3) is 0 Å². The molecule has 1 N–H and O–H groups in total. The minimum Gasteiger partial charge on any atom is -0.304 e. The van der Waals surface area contributed by atoms with Crippen molar-refractivity contribution in [1.82, 2.24) is 5.32 Å². The van der Waals surface area contributed by atoms with E-state index in [1.165, 1.54) is 11.1 Å². The Morgan fingerprint density at radius 1 is 0.947 bits per heavy atom. The molecular weight excluding hydrogens is 322 g/mol. The van der Waals surface area contributed by atoms with Crippen molar-refractivity contribution in [1.29, 1.82) is 0 Å². The topological polar surface area (TPSA) is 12.0 Å². The van der Waals surface area contributed by atoms with Crippen LogP contribution in [0.4, 0.5) is 0 Å². The van der Waals surface area contributed by atoms with E-state index in [-0.39, 0.29) is 6.04 Å². The fourth-order valence-electron chi connectivity index (χ4n) is 2.09. The molecule has 0 saturated heterocycles. The van der Waals surface area contributed by atoms with Crippen molar-refractivity contribution in [3.05, 3.63) is 69.2 Å². The van der Waals surface area contributed by atoms with Gasteiger partial charge in [0, 0.05) is 21.6 Å². The lowest BCUT2D eigenvalue weighted by Crippen LogP contribution is -2.22. The van der Waals surface area contributed by atoms with Crippen molar-refractivity contribution in [2.24, 2.45) is 0 Å². The molecule has 2 rings (SSSR count). The Balaban J connectivity index is 2.06. The monoisotopic (exact) mass is 337 g/mol. The van der Waals surface area contributed by atoms with Gasteiger partial charge in [-0.05, 0) is 49.2 Å². The second-order valence-corrected chi connectivity index (χ2v) is 6.07. The zero-order valence-corrected chi connectivity index (χ0v) is 13.4. The van der Waals surface area contributed by atoms with Gasteiger partial charge in [0.15, 0.2) is 0 Å². The predicted molar refractivity (Wildman–Crippen MR) is 85.6 cm³/mol. The molecule has 0 amide bonds. The number of hydrogen-bond donors (Lipinski definition) is 1. The molecule has 2 aromatic carbocycles. The first-order valence-corrected chi connectivity index (χ1v) is 7.50. The van der Waals surface area contributed by atoms with Crippen LogP contribution in [0.15, 0.2) is 53.0 Å². The molecule has 0 radical (unpaired) electrons. The molecule has 0 bridgehead atoms. The average Bonchev–Trinajstić information content (AvgIpc) is 2.39. The molecule has 0 spiro atoms. The zero-order valence-electron chi connectivity index (χ0n) is 11.0. The maximum Gasteiger partial charge on any atom is 0.0409 e. The predicted octanol–water partition coefficient (Wildman–Crippen LogP) is 5.51. The molecule has 0 aliphatic carbocycles. The number of hydrogen-bond acceptors (Lipinski definition) is 1. The quantitative estimate of drug-likeness (QED) is 0.774. The summed E-state index contributed by atoms with van der Waals surface area (Å²) < 4.78 is 1.10. The standard InChI is InChI=1S/C16H17BrClN/c1-11(13-6-8-15(17)9-7-13)19-12(2)14-4-3-5-16(18)10-14/h3-12,19H,1-2H3. The van der Waals surface area contributed by atoms with E-state index in [2.05, 4.69) is 65.4 Å². The van der Waals surface area contributed by atoms with E-state index in [4.69, 9.17) is 11.6 Å². The molecular formula is C16H17BrClN. The summed E-state index contributed by atoms with van der Waals surface area (Å²) in [4.78, 5) is 0. The Hall–Kier alpha value is -0.830. The lowest BCUT2D eigenvalue weighted by atomic mass is 10.0. The summed E-state index contributed by atoms with van der Waals surface area (Å²) in [5.41, 5.74) is 2.48. The molecule has 0 aromatic heterocycles. The van der Waals surface area contributed by atoms with Crippen LogP contribution in [-0.4, -0.2) is 0 Å². The fraction of sp³-hybridized carbons (Fsp3) is 0.250. The van der Waals surface area contributed by atoms with Crippen LogP contribution < -0.4 is 5.32 Å². The van der Waals surface area contributed by atoms with Crippen LogP contribution in [-0.2, 0) is 0 Å². The first-order valence-electron chi connectivity index (χ1n) is 6.33. The van der Waals surface area contributed by atoms with Gasteiger partial charge in [-0.25, -0.2) is 0 Å². The van der Waals surface area contributed by atoms with Gasteiger partial charge in [-0.1, -0.05) is 51.8 Å². The highest BCUT2D eigenvalue weighted by Gasteiger charge is 2.11. The Morgan fingerprint density at radius 2 is 1.58 bits per heavy atom. The lowest BCUT2D eigenvalue weighted by Gasteiger charge is -2.21. The highest BCUT2D eigenvalue weighted by atomic mass is 79.9. The highest BCUT2D eigenvalue weighted by molar-refractivity contribution is 9.10. The van der Waals surface area contributed by atoms with E-state index >= 15 is 0 Å². The van der Waals surface area contributed by atoms with Crippen LogP contribution in [0, 0.1) is 0 Å². The Morgan fingerprint density at radius 3 is 2.21 bits per heavy atom. The fourth-order valence-corrected chi connectivity index (χ4v) is 2.56. The molecule has 2 atom stereocenters. The van der Waals surface area contributed by atoms with E-state index in [0.29, 0.717) is 6.04 Å². The SMILES string of the molecule is CC(NC(C)c1cccc(Cl)c1)c1ccc(Br)cc1. The average molecular weight is 339 g/mol. The van der Waals surface area contributed by atoms with Gasteiger partial charge in [0.2, 0.25) is 0 Å². The van der Waals surface area contributed by atoms with Gasteiger partial charge in [0.05, 0.1) is 0 Å². The van der Waals surface area contributed by atoms with Crippen LogP contribution in [0.1, 0.15) is 37.1 Å². The lowest BCUT2D eigenvalue weighted by molar-refractivity contribution is 0.494. The first kappa shape index (κ1) is 14.6. The normalized spacial score (nSPS) is 14.1. The molecule has 0 aliphatic rings. The zero-order chi connectivity index (χ0) is 13.8. The third-order valence-corrected chi connectivity index (χ3v) is 3.98. The van der Waals surface area contributed by atoms with E-state index < -0.39 is 0 Å². The van der Waals surface area contributed by atoms with Crippen molar-refractivity contribution in [3.8, 4) is 0 Å². The summed E-state index contributed by atoms with van der Waals surface area (Å²) in [5, 5.41) is 4.37. The smallest absolute Gasteiger partial charge is 0.0409 e. The van der Waals surface area contributed by atoms with Crippen LogP contribution in [0.5, 0.6) is 0 Å². The van der Waals surface area contributed by atoms with Gasteiger partial charge in [-0.2, -0.15) is 0 Å². The summed E-state index contributed by atoms with van der Waals surface area (Å²) >= 11 is 9.48. The Bertz CT molecular complexity index is 539. The second-order valence-electron chi connectivity index (χ2n) is 4.72. The molecule has 0 fully saturated rings. The molecule has 100 valence electrons. The molecule has 0 aliphatic heterocycles. The van der Waals surface area contributed by atoms with Crippen molar-refractivity contribution in [2.45, 2.75) is 25.9 Å². The van der Waals surface area contributed by atoms with E-state index in [1.54, 1.807) is 0 Å². The maximum atomic E-state index is 6.03. The van der Waals surface area contributed by atoms with Gasteiger partial charge in [-0.3, -0.25) is 0 Å². The summed E-state index contributed by atoms with van der Waals surface area (Å²) in [5.74, 6) is 0. The van der Waals surface area contributed by atoms with Gasteiger partial charge in [-0.15, -0.1) is 0 Å². The molecule has 2 unspecified atom stereocenters. The summed E-state index contributed by atoms with van der Waals surface area (Å²) in [7, 11) is 0. The molecule has 1 nitrogen and oxygen atoms in total. The van der Waals surface area contributed by atoms with Crippen molar-refractivity contribution in [3.63, 3.8) is 0 Å². The van der Waals surface area contributed by atoms with Crippen LogP contribution in [0.2, 0.25) is 5.02 Å². The van der Waals surface area contributed by atoms with Gasteiger partial charge < -0.3 is 5.32 Å². The first-order chi connectivity index (χ1) is 9.06. The largest absolute Gasteiger partial charge is 0.304 e. The Labute approximate surface area is 128 Å². The van der Waals surface area contributed by atoms with Gasteiger partial charge in [0.1, 0.15) is 0 Å². The van der Waals surface area contributed by atoms with Gasteiger partial charge in [0.25, 0.3) is 0 Å². The van der Waals surface area contributed by atoms with E-state index in [0.717, 1.165) is 9.50 Å². The number of rotatable bonds is 4. The summed E-state index contributed by atoms with van der Waals surface area (Å²) in [6, 6.07) is 16.9. The summed E-state index contributed by atoms with van der Waals surface area (Å²) in [6.07, 6.45) is 0. The van der Waals surface area contributed by atoms with Crippen molar-refractivity contribution in [2.75, 3.05) is 0 Å². The molecule has 2 aromatic rings. The third kappa shape index (κ3) is 4.07. The summed E-state index contributed by atoms with van der Waals surface area (Å²) in [6.45, 7) is 4.32. The minimum atomic E-state index is 0.261. The third-order valence-electron chi connectivity index (χ3n) is 3.22. The van der Waals surface area contributed by atoms with Crippen LogP contribution in [0.3, 0.4) is 0 Å². The van der Waals surface area contributed by atoms with Gasteiger partial charge >= 0.3 is 0 Å². The molecule has 19 heavy (non-hydrogen) atoms. The highest BCUT2D eigenvalue weighted by Crippen LogP contribution is 2.22. The Kier molecular flexibility index (Phi) is 5.03. The van der Waals surface area contributed by atoms with E-state index in [9.17, 15) is 0 Å². The molecule has 0 heterocycles. The molecule has 0 saturated carbocycles. The second kappa shape index (κ2) is 6.56.